The summed E-state index contributed by atoms with van der Waals surface area (Å²) in [6, 6.07) is 13.3. The third-order valence-electron chi connectivity index (χ3n) is 4.18. The molecule has 0 saturated carbocycles. The monoisotopic (exact) mass is 255 g/mol. The summed E-state index contributed by atoms with van der Waals surface area (Å²) < 4.78 is 5.50. The minimum absolute atomic E-state index is 0.227. The van der Waals surface area contributed by atoms with Crippen LogP contribution in [0.3, 0.4) is 0 Å². The van der Waals surface area contributed by atoms with E-state index in [-0.39, 0.29) is 11.5 Å². The summed E-state index contributed by atoms with van der Waals surface area (Å²) in [5.74, 6) is 1.00. The first kappa shape index (κ1) is 12.5. The molecule has 1 aliphatic rings. The van der Waals surface area contributed by atoms with Gasteiger partial charge in [-0.15, -0.1) is 0 Å². The minimum Gasteiger partial charge on any atom is -0.468 e. The molecular weight excluding hydrogens is 234 g/mol. The van der Waals surface area contributed by atoms with Crippen LogP contribution in [0.25, 0.3) is 0 Å². The van der Waals surface area contributed by atoms with Gasteiger partial charge in [-0.2, -0.15) is 0 Å². The van der Waals surface area contributed by atoms with E-state index >= 15 is 0 Å². The van der Waals surface area contributed by atoms with Gasteiger partial charge in [0.2, 0.25) is 0 Å². The van der Waals surface area contributed by atoms with E-state index < -0.39 is 0 Å². The van der Waals surface area contributed by atoms with Crippen LogP contribution in [0.4, 0.5) is 0 Å². The molecule has 0 amide bonds. The van der Waals surface area contributed by atoms with Crippen molar-refractivity contribution in [3.63, 3.8) is 0 Å². The van der Waals surface area contributed by atoms with Gasteiger partial charge in [0.25, 0.3) is 0 Å². The van der Waals surface area contributed by atoms with Gasteiger partial charge in [-0.25, -0.2) is 0 Å². The predicted molar refractivity (Wildman–Crippen MR) is 76.9 cm³/mol. The highest BCUT2D eigenvalue weighted by molar-refractivity contribution is 5.37. The highest BCUT2D eigenvalue weighted by Crippen LogP contribution is 2.45. The summed E-state index contributed by atoms with van der Waals surface area (Å²) in [5, 5.41) is 3.73. The van der Waals surface area contributed by atoms with Gasteiger partial charge < -0.3 is 9.73 Å². The number of nitrogens with one attached hydrogen (secondary N) is 1. The number of fused-ring (bicyclic) bond motifs is 1. The van der Waals surface area contributed by atoms with Crippen molar-refractivity contribution in [2.45, 2.75) is 39.3 Å². The van der Waals surface area contributed by atoms with Crippen LogP contribution in [0, 0.1) is 5.41 Å². The lowest BCUT2D eigenvalue weighted by atomic mass is 9.85. The molecule has 19 heavy (non-hydrogen) atoms. The molecule has 1 N–H and O–H groups in total. The Labute approximate surface area is 114 Å². The van der Waals surface area contributed by atoms with Gasteiger partial charge >= 0.3 is 0 Å². The Balaban J connectivity index is 1.87. The number of rotatable bonds is 3. The lowest BCUT2D eigenvalue weighted by Gasteiger charge is -2.31. The number of hydrogen-bond acceptors (Lipinski definition) is 2. The second-order valence-electron chi connectivity index (χ2n) is 6.20. The van der Waals surface area contributed by atoms with E-state index in [9.17, 15) is 0 Å². The molecule has 0 aliphatic heterocycles. The quantitative estimate of drug-likeness (QED) is 0.886. The third kappa shape index (κ3) is 2.21. The van der Waals surface area contributed by atoms with Crippen LogP contribution < -0.4 is 5.32 Å². The van der Waals surface area contributed by atoms with Crippen LogP contribution in [0.5, 0.6) is 0 Å². The fraction of sp³-hybridized carbons (Fsp3) is 0.412. The van der Waals surface area contributed by atoms with Gasteiger partial charge in [-0.1, -0.05) is 38.1 Å². The molecule has 2 unspecified atom stereocenters. The Morgan fingerprint density at radius 2 is 2.00 bits per heavy atom. The Morgan fingerprint density at radius 3 is 2.74 bits per heavy atom. The van der Waals surface area contributed by atoms with Gasteiger partial charge in [0.15, 0.2) is 0 Å². The van der Waals surface area contributed by atoms with Crippen LogP contribution >= 0.6 is 0 Å². The molecule has 0 spiro atoms. The molecule has 1 heterocycles. The van der Waals surface area contributed by atoms with Gasteiger partial charge in [0.1, 0.15) is 5.76 Å². The minimum atomic E-state index is 0.227. The summed E-state index contributed by atoms with van der Waals surface area (Å²) in [4.78, 5) is 0. The molecule has 2 heteroatoms. The van der Waals surface area contributed by atoms with Crippen molar-refractivity contribution < 1.29 is 4.42 Å². The summed E-state index contributed by atoms with van der Waals surface area (Å²) in [6.45, 7) is 6.83. The highest BCUT2D eigenvalue weighted by atomic mass is 16.3. The molecule has 3 rings (SSSR count). The maximum absolute atomic E-state index is 5.50. The SMILES string of the molecule is CC(NC1c2ccccc2CC1(C)C)c1ccco1. The van der Waals surface area contributed by atoms with Crippen LogP contribution in [-0.4, -0.2) is 0 Å². The maximum Gasteiger partial charge on any atom is 0.120 e. The number of furan rings is 1. The highest BCUT2D eigenvalue weighted by Gasteiger charge is 2.39. The van der Waals surface area contributed by atoms with Gasteiger partial charge in [0, 0.05) is 6.04 Å². The molecule has 1 aliphatic carbocycles. The fourth-order valence-corrected chi connectivity index (χ4v) is 3.18. The molecule has 0 bridgehead atoms. The zero-order chi connectivity index (χ0) is 13.5. The number of hydrogen-bond donors (Lipinski definition) is 1. The Kier molecular flexibility index (Phi) is 2.98. The zero-order valence-electron chi connectivity index (χ0n) is 11.8. The topological polar surface area (TPSA) is 25.2 Å². The van der Waals surface area contributed by atoms with E-state index in [0.717, 1.165) is 12.2 Å². The lowest BCUT2D eigenvalue weighted by Crippen LogP contribution is -2.32. The standard InChI is InChI=1S/C17H21NO/c1-12(15-9-6-10-19-15)18-16-14-8-5-4-7-13(14)11-17(16,2)3/h4-10,12,16,18H,11H2,1-3H3. The first-order chi connectivity index (χ1) is 9.08. The van der Waals surface area contributed by atoms with Crippen LogP contribution in [0.2, 0.25) is 0 Å². The largest absolute Gasteiger partial charge is 0.468 e. The third-order valence-corrected chi connectivity index (χ3v) is 4.18. The number of benzene rings is 1. The smallest absolute Gasteiger partial charge is 0.120 e. The summed E-state index contributed by atoms with van der Waals surface area (Å²) in [5.41, 5.74) is 3.15. The van der Waals surface area contributed by atoms with Crippen LogP contribution in [-0.2, 0) is 6.42 Å². The van der Waals surface area contributed by atoms with E-state index in [4.69, 9.17) is 4.42 Å². The summed E-state index contributed by atoms with van der Waals surface area (Å²) in [6.07, 6.45) is 2.87. The van der Waals surface area contributed by atoms with Crippen molar-refractivity contribution in [3.05, 3.63) is 59.5 Å². The van der Waals surface area contributed by atoms with E-state index in [0.29, 0.717) is 6.04 Å². The summed E-state index contributed by atoms with van der Waals surface area (Å²) in [7, 11) is 0. The molecular formula is C17H21NO. The van der Waals surface area contributed by atoms with Crippen molar-refractivity contribution in [2.75, 3.05) is 0 Å². The van der Waals surface area contributed by atoms with Crippen molar-refractivity contribution in [2.24, 2.45) is 5.41 Å². The van der Waals surface area contributed by atoms with Crippen molar-refractivity contribution in [1.29, 1.82) is 0 Å². The van der Waals surface area contributed by atoms with Crippen LogP contribution in [0.1, 0.15) is 49.7 Å². The fourth-order valence-electron chi connectivity index (χ4n) is 3.18. The normalized spacial score (nSPS) is 22.2. The maximum atomic E-state index is 5.50. The molecule has 1 aromatic carbocycles. The van der Waals surface area contributed by atoms with E-state index in [2.05, 4.69) is 50.4 Å². The average Bonchev–Trinajstić information content (AvgIpc) is 2.96. The molecule has 100 valence electrons. The molecule has 2 nitrogen and oxygen atoms in total. The average molecular weight is 255 g/mol. The molecule has 2 atom stereocenters. The molecule has 2 aromatic rings. The first-order valence-electron chi connectivity index (χ1n) is 6.95. The second-order valence-corrected chi connectivity index (χ2v) is 6.20. The van der Waals surface area contributed by atoms with Crippen LogP contribution in [0.15, 0.2) is 47.1 Å². The molecule has 0 saturated heterocycles. The van der Waals surface area contributed by atoms with Crippen molar-refractivity contribution >= 4 is 0 Å². The van der Waals surface area contributed by atoms with Crippen molar-refractivity contribution in [3.8, 4) is 0 Å². The zero-order valence-corrected chi connectivity index (χ0v) is 11.8. The first-order valence-corrected chi connectivity index (χ1v) is 6.95. The van der Waals surface area contributed by atoms with E-state index in [1.54, 1.807) is 6.26 Å². The Hall–Kier alpha value is -1.54. The summed E-state index contributed by atoms with van der Waals surface area (Å²) >= 11 is 0. The van der Waals surface area contributed by atoms with E-state index in [1.807, 2.05) is 12.1 Å². The molecule has 0 fully saturated rings. The second kappa shape index (κ2) is 4.53. The van der Waals surface area contributed by atoms with Gasteiger partial charge in [0.05, 0.1) is 12.3 Å². The molecule has 1 aromatic heterocycles. The van der Waals surface area contributed by atoms with Gasteiger partial charge in [-0.3, -0.25) is 0 Å². The van der Waals surface area contributed by atoms with Crippen molar-refractivity contribution in [1.82, 2.24) is 5.32 Å². The van der Waals surface area contributed by atoms with E-state index in [1.165, 1.54) is 11.1 Å². The lowest BCUT2D eigenvalue weighted by molar-refractivity contribution is 0.243. The predicted octanol–water partition coefficient (Wildman–Crippen LogP) is 4.25. The van der Waals surface area contributed by atoms with Gasteiger partial charge in [-0.05, 0) is 42.0 Å². The Bertz CT molecular complexity index is 556. The molecule has 0 radical (unpaired) electrons. The Morgan fingerprint density at radius 1 is 1.21 bits per heavy atom.